The number of anilines is 1. The Balaban J connectivity index is 2.11. The highest BCUT2D eigenvalue weighted by molar-refractivity contribution is 5.96. The number of nitrogens with zero attached hydrogens (tertiary/aromatic N) is 1. The van der Waals surface area contributed by atoms with Crippen LogP contribution in [0.4, 0.5) is 5.69 Å². The van der Waals surface area contributed by atoms with Crippen LogP contribution >= 0.6 is 0 Å². The SMILES string of the molecule is COc1ccc(C(C)=O)cc1-c1ccc2c(c1)CCN2C. The molecule has 0 saturated heterocycles. The quantitative estimate of drug-likeness (QED) is 0.806. The maximum absolute atomic E-state index is 11.6. The highest BCUT2D eigenvalue weighted by Crippen LogP contribution is 2.35. The van der Waals surface area contributed by atoms with Crippen molar-refractivity contribution in [1.82, 2.24) is 0 Å². The molecule has 0 aromatic heterocycles. The van der Waals surface area contributed by atoms with Crippen molar-refractivity contribution < 1.29 is 9.53 Å². The van der Waals surface area contributed by atoms with Gasteiger partial charge in [0.15, 0.2) is 5.78 Å². The van der Waals surface area contributed by atoms with Gasteiger partial charge < -0.3 is 9.64 Å². The van der Waals surface area contributed by atoms with E-state index in [9.17, 15) is 4.79 Å². The van der Waals surface area contributed by atoms with Crippen molar-refractivity contribution in [2.75, 3.05) is 25.6 Å². The van der Waals surface area contributed by atoms with Gasteiger partial charge in [0.25, 0.3) is 0 Å². The van der Waals surface area contributed by atoms with Gasteiger partial charge in [-0.15, -0.1) is 0 Å². The summed E-state index contributed by atoms with van der Waals surface area (Å²) in [5.41, 5.74) is 5.43. The molecule has 0 unspecified atom stereocenters. The summed E-state index contributed by atoms with van der Waals surface area (Å²) in [5, 5.41) is 0. The van der Waals surface area contributed by atoms with Gasteiger partial charge in [-0.1, -0.05) is 6.07 Å². The molecule has 3 heteroatoms. The van der Waals surface area contributed by atoms with Crippen LogP contribution in [-0.2, 0) is 6.42 Å². The van der Waals surface area contributed by atoms with Crippen molar-refractivity contribution in [2.45, 2.75) is 13.3 Å². The number of benzene rings is 2. The highest BCUT2D eigenvalue weighted by atomic mass is 16.5. The predicted molar refractivity (Wildman–Crippen MR) is 85.4 cm³/mol. The van der Waals surface area contributed by atoms with Gasteiger partial charge in [-0.05, 0) is 54.8 Å². The molecule has 0 fully saturated rings. The zero-order chi connectivity index (χ0) is 15.0. The molecule has 1 aliphatic rings. The summed E-state index contributed by atoms with van der Waals surface area (Å²) in [6.45, 7) is 2.65. The molecule has 2 aromatic carbocycles. The topological polar surface area (TPSA) is 29.5 Å². The van der Waals surface area contributed by atoms with E-state index in [-0.39, 0.29) is 5.78 Å². The Hall–Kier alpha value is -2.29. The second-order valence-corrected chi connectivity index (χ2v) is 5.49. The lowest BCUT2D eigenvalue weighted by molar-refractivity contribution is 0.101. The fourth-order valence-corrected chi connectivity index (χ4v) is 2.89. The van der Waals surface area contributed by atoms with Crippen molar-refractivity contribution in [3.05, 3.63) is 47.5 Å². The van der Waals surface area contributed by atoms with E-state index in [0.29, 0.717) is 5.56 Å². The van der Waals surface area contributed by atoms with E-state index in [0.717, 1.165) is 29.8 Å². The monoisotopic (exact) mass is 281 g/mol. The normalized spacial score (nSPS) is 13.2. The molecule has 0 atom stereocenters. The molecular formula is C18H19NO2. The molecule has 2 aromatic rings. The molecule has 21 heavy (non-hydrogen) atoms. The second kappa shape index (κ2) is 5.24. The Morgan fingerprint density at radius 2 is 2.00 bits per heavy atom. The number of Topliss-reactive ketones (excluding diaryl/α,β-unsaturated/α-hetero) is 1. The molecule has 0 spiro atoms. The van der Waals surface area contributed by atoms with Gasteiger partial charge in [0, 0.05) is 30.4 Å². The average molecular weight is 281 g/mol. The summed E-state index contributed by atoms with van der Waals surface area (Å²) in [4.78, 5) is 13.9. The number of fused-ring (bicyclic) bond motifs is 1. The van der Waals surface area contributed by atoms with Crippen molar-refractivity contribution in [3.8, 4) is 16.9 Å². The minimum Gasteiger partial charge on any atom is -0.496 e. The van der Waals surface area contributed by atoms with Gasteiger partial charge in [0.2, 0.25) is 0 Å². The number of hydrogen-bond acceptors (Lipinski definition) is 3. The van der Waals surface area contributed by atoms with Gasteiger partial charge in [-0.2, -0.15) is 0 Å². The Bertz CT molecular complexity index is 706. The fourth-order valence-electron chi connectivity index (χ4n) is 2.89. The number of likely N-dealkylation sites (N-methyl/N-ethyl adjacent to an activating group) is 1. The Morgan fingerprint density at radius 1 is 1.19 bits per heavy atom. The summed E-state index contributed by atoms with van der Waals surface area (Å²) in [6.07, 6.45) is 1.06. The number of ether oxygens (including phenoxy) is 1. The lowest BCUT2D eigenvalue weighted by atomic mass is 9.98. The van der Waals surface area contributed by atoms with Crippen LogP contribution in [0.5, 0.6) is 5.75 Å². The van der Waals surface area contributed by atoms with E-state index >= 15 is 0 Å². The molecule has 0 N–H and O–H groups in total. The van der Waals surface area contributed by atoms with Gasteiger partial charge in [-0.3, -0.25) is 4.79 Å². The fraction of sp³-hybridized carbons (Fsp3) is 0.278. The van der Waals surface area contributed by atoms with E-state index in [4.69, 9.17) is 4.74 Å². The molecule has 108 valence electrons. The standard InChI is InChI=1S/C18H19NO2/c1-12(20)13-5-7-18(21-3)16(11-13)14-4-6-17-15(10-14)8-9-19(17)2/h4-7,10-11H,8-9H2,1-3H3. The number of carbonyl (C=O) groups is 1. The van der Waals surface area contributed by atoms with Gasteiger partial charge in [0.1, 0.15) is 5.75 Å². The zero-order valence-electron chi connectivity index (χ0n) is 12.6. The summed E-state index contributed by atoms with van der Waals surface area (Å²) in [5.74, 6) is 0.867. The summed E-state index contributed by atoms with van der Waals surface area (Å²) >= 11 is 0. The molecule has 0 amide bonds. The first-order valence-electron chi connectivity index (χ1n) is 7.13. The van der Waals surface area contributed by atoms with E-state index in [1.165, 1.54) is 11.3 Å². The molecule has 0 bridgehead atoms. The van der Waals surface area contributed by atoms with Gasteiger partial charge >= 0.3 is 0 Å². The van der Waals surface area contributed by atoms with Crippen molar-refractivity contribution in [3.63, 3.8) is 0 Å². The maximum atomic E-state index is 11.6. The molecule has 0 saturated carbocycles. The minimum absolute atomic E-state index is 0.0693. The molecule has 0 aliphatic carbocycles. The lowest BCUT2D eigenvalue weighted by Gasteiger charge is -2.14. The molecule has 1 heterocycles. The van der Waals surface area contributed by atoms with Gasteiger partial charge in [0.05, 0.1) is 7.11 Å². The van der Waals surface area contributed by atoms with E-state index in [1.54, 1.807) is 14.0 Å². The van der Waals surface area contributed by atoms with Crippen LogP contribution in [0.1, 0.15) is 22.8 Å². The Labute approximate surface area is 125 Å². The van der Waals surface area contributed by atoms with Crippen LogP contribution in [0.2, 0.25) is 0 Å². The van der Waals surface area contributed by atoms with Crippen LogP contribution < -0.4 is 9.64 Å². The summed E-state index contributed by atoms with van der Waals surface area (Å²) in [6, 6.07) is 12.1. The van der Waals surface area contributed by atoms with E-state index in [2.05, 4.69) is 30.1 Å². The third kappa shape index (κ3) is 2.40. The Morgan fingerprint density at radius 3 is 2.71 bits per heavy atom. The van der Waals surface area contributed by atoms with Gasteiger partial charge in [-0.25, -0.2) is 0 Å². The number of hydrogen-bond donors (Lipinski definition) is 0. The maximum Gasteiger partial charge on any atom is 0.159 e. The number of methoxy groups -OCH3 is 1. The third-order valence-electron chi connectivity index (χ3n) is 4.12. The van der Waals surface area contributed by atoms with Crippen LogP contribution in [0, 0.1) is 0 Å². The molecular weight excluding hydrogens is 262 g/mol. The molecule has 0 radical (unpaired) electrons. The highest BCUT2D eigenvalue weighted by Gasteiger charge is 2.17. The first-order chi connectivity index (χ1) is 10.1. The van der Waals surface area contributed by atoms with E-state index in [1.807, 2.05) is 18.2 Å². The van der Waals surface area contributed by atoms with Crippen molar-refractivity contribution in [1.29, 1.82) is 0 Å². The molecule has 3 rings (SSSR count). The first-order valence-corrected chi connectivity index (χ1v) is 7.13. The number of ketones is 1. The van der Waals surface area contributed by atoms with E-state index < -0.39 is 0 Å². The summed E-state index contributed by atoms with van der Waals surface area (Å²) < 4.78 is 5.45. The molecule has 3 nitrogen and oxygen atoms in total. The number of rotatable bonds is 3. The lowest BCUT2D eigenvalue weighted by Crippen LogP contribution is -2.12. The van der Waals surface area contributed by atoms with Crippen molar-refractivity contribution >= 4 is 11.5 Å². The minimum atomic E-state index is 0.0693. The zero-order valence-corrected chi connectivity index (χ0v) is 12.6. The first kappa shape index (κ1) is 13.7. The van der Waals surface area contributed by atoms with Crippen LogP contribution in [0.25, 0.3) is 11.1 Å². The number of carbonyl (C=O) groups excluding carboxylic acids is 1. The largest absolute Gasteiger partial charge is 0.496 e. The van der Waals surface area contributed by atoms with Crippen LogP contribution in [0.3, 0.4) is 0 Å². The van der Waals surface area contributed by atoms with Crippen LogP contribution in [-0.4, -0.2) is 26.5 Å². The average Bonchev–Trinajstić information content (AvgIpc) is 2.87. The summed E-state index contributed by atoms with van der Waals surface area (Å²) in [7, 11) is 3.77. The Kier molecular flexibility index (Phi) is 3.42. The predicted octanol–water partition coefficient (Wildman–Crippen LogP) is 3.56. The third-order valence-corrected chi connectivity index (χ3v) is 4.12. The molecule has 1 aliphatic heterocycles. The smallest absolute Gasteiger partial charge is 0.159 e. The van der Waals surface area contributed by atoms with Crippen molar-refractivity contribution in [2.24, 2.45) is 0 Å². The van der Waals surface area contributed by atoms with Crippen LogP contribution in [0.15, 0.2) is 36.4 Å². The second-order valence-electron chi connectivity index (χ2n) is 5.49.